The summed E-state index contributed by atoms with van der Waals surface area (Å²) in [7, 11) is 0. The van der Waals surface area contributed by atoms with E-state index in [0.29, 0.717) is 16.3 Å². The zero-order valence-electron chi connectivity index (χ0n) is 12.7. The second-order valence-corrected chi connectivity index (χ2v) is 5.70. The van der Waals surface area contributed by atoms with E-state index >= 15 is 0 Å². The largest absolute Gasteiger partial charge is 0.417 e. The van der Waals surface area contributed by atoms with Crippen molar-refractivity contribution in [2.45, 2.75) is 6.18 Å². The summed E-state index contributed by atoms with van der Waals surface area (Å²) in [5, 5.41) is 0.483. The zero-order chi connectivity index (χ0) is 18.2. The molecule has 2 aromatic carbocycles. The number of hydrogen-bond acceptors (Lipinski definition) is 4. The molecular formula is C17H12ClF3N4. The number of halogens is 4. The molecule has 0 aliphatic heterocycles. The van der Waals surface area contributed by atoms with Crippen molar-refractivity contribution in [1.82, 2.24) is 9.97 Å². The Labute approximate surface area is 146 Å². The first-order valence-electron chi connectivity index (χ1n) is 7.12. The Morgan fingerprint density at radius 3 is 2.44 bits per heavy atom. The van der Waals surface area contributed by atoms with Gasteiger partial charge in [-0.15, -0.1) is 0 Å². The topological polar surface area (TPSA) is 77.8 Å². The average Bonchev–Trinajstić information content (AvgIpc) is 2.56. The van der Waals surface area contributed by atoms with Crippen molar-refractivity contribution in [3.05, 3.63) is 59.2 Å². The van der Waals surface area contributed by atoms with E-state index in [2.05, 4.69) is 9.97 Å². The highest BCUT2D eigenvalue weighted by molar-refractivity contribution is 6.30. The quantitative estimate of drug-likeness (QED) is 0.649. The smallest absolute Gasteiger partial charge is 0.397 e. The summed E-state index contributed by atoms with van der Waals surface area (Å²) in [5.41, 5.74) is 11.1. The summed E-state index contributed by atoms with van der Waals surface area (Å²) in [5.74, 6) is -0.158. The molecule has 0 unspecified atom stereocenters. The number of anilines is 2. The third-order valence-corrected chi connectivity index (χ3v) is 3.82. The molecule has 0 aliphatic carbocycles. The lowest BCUT2D eigenvalue weighted by Gasteiger charge is -2.16. The van der Waals surface area contributed by atoms with Crippen LogP contribution in [-0.2, 0) is 6.18 Å². The summed E-state index contributed by atoms with van der Waals surface area (Å²) in [4.78, 5) is 8.18. The molecule has 1 heterocycles. The van der Waals surface area contributed by atoms with Gasteiger partial charge in [-0.05, 0) is 30.3 Å². The average molecular weight is 365 g/mol. The minimum atomic E-state index is -4.62. The first kappa shape index (κ1) is 17.0. The first-order chi connectivity index (χ1) is 11.8. The molecular weight excluding hydrogens is 353 g/mol. The lowest BCUT2D eigenvalue weighted by molar-refractivity contribution is -0.137. The van der Waals surface area contributed by atoms with Gasteiger partial charge in [0.25, 0.3) is 0 Å². The van der Waals surface area contributed by atoms with Gasteiger partial charge < -0.3 is 11.5 Å². The summed E-state index contributed by atoms with van der Waals surface area (Å²) < 4.78 is 40.1. The van der Waals surface area contributed by atoms with Crippen LogP contribution in [0.5, 0.6) is 0 Å². The van der Waals surface area contributed by atoms with Crippen molar-refractivity contribution in [3.63, 3.8) is 0 Å². The van der Waals surface area contributed by atoms with Gasteiger partial charge in [0.1, 0.15) is 0 Å². The van der Waals surface area contributed by atoms with Crippen molar-refractivity contribution < 1.29 is 13.2 Å². The Hall–Kier alpha value is -2.80. The van der Waals surface area contributed by atoms with Gasteiger partial charge in [0.05, 0.1) is 28.2 Å². The Balaban J connectivity index is 2.21. The Morgan fingerprint density at radius 1 is 1.00 bits per heavy atom. The van der Waals surface area contributed by atoms with Crippen LogP contribution in [0.3, 0.4) is 0 Å². The summed E-state index contributed by atoms with van der Waals surface area (Å²) >= 11 is 5.95. The van der Waals surface area contributed by atoms with E-state index in [4.69, 9.17) is 23.1 Å². The Morgan fingerprint density at radius 2 is 1.76 bits per heavy atom. The number of hydrogen-bond donors (Lipinski definition) is 2. The third-order valence-electron chi connectivity index (χ3n) is 3.58. The van der Waals surface area contributed by atoms with Gasteiger partial charge in [-0.1, -0.05) is 23.7 Å². The fraction of sp³-hybridized carbons (Fsp3) is 0.0588. The number of nitrogens with zero attached hydrogens (tertiary/aromatic N) is 2. The van der Waals surface area contributed by atoms with Gasteiger partial charge >= 0.3 is 6.18 Å². The van der Waals surface area contributed by atoms with Crippen molar-refractivity contribution in [2.75, 3.05) is 11.5 Å². The number of benzene rings is 2. The number of aromatic nitrogens is 2. The first-order valence-corrected chi connectivity index (χ1v) is 7.49. The van der Waals surface area contributed by atoms with Crippen LogP contribution in [0.2, 0.25) is 5.02 Å². The Bertz CT molecular complexity index is 941. The van der Waals surface area contributed by atoms with Crippen LogP contribution < -0.4 is 11.5 Å². The van der Waals surface area contributed by atoms with E-state index < -0.39 is 11.7 Å². The summed E-state index contributed by atoms with van der Waals surface area (Å²) in [6.45, 7) is 0. The number of alkyl halides is 3. The molecule has 4 N–H and O–H groups in total. The molecule has 0 spiro atoms. The fourth-order valence-corrected chi connectivity index (χ4v) is 2.59. The standard InChI is InChI=1S/C17H12ClF3N4/c18-10-3-1-2-9(8-10)13-6-7-24-16(25-13)14-11(17(19,20)21)4-5-12(22)15(14)23/h1-8H,22-23H2. The van der Waals surface area contributed by atoms with Crippen LogP contribution in [-0.4, -0.2) is 9.97 Å². The molecule has 25 heavy (non-hydrogen) atoms. The maximum absolute atomic E-state index is 13.4. The van der Waals surface area contributed by atoms with Crippen molar-refractivity contribution in [2.24, 2.45) is 0 Å². The molecule has 128 valence electrons. The molecule has 3 rings (SSSR count). The molecule has 1 aromatic heterocycles. The van der Waals surface area contributed by atoms with E-state index in [1.54, 1.807) is 30.3 Å². The minimum Gasteiger partial charge on any atom is -0.397 e. The lowest BCUT2D eigenvalue weighted by atomic mass is 10.0. The van der Waals surface area contributed by atoms with Gasteiger partial charge in [-0.25, -0.2) is 9.97 Å². The molecule has 8 heteroatoms. The molecule has 0 amide bonds. The van der Waals surface area contributed by atoms with Gasteiger partial charge in [-0.3, -0.25) is 0 Å². The molecule has 0 aliphatic rings. The predicted molar refractivity (Wildman–Crippen MR) is 91.7 cm³/mol. The van der Waals surface area contributed by atoms with Crippen LogP contribution >= 0.6 is 11.6 Å². The van der Waals surface area contributed by atoms with Gasteiger partial charge in [0.2, 0.25) is 0 Å². The highest BCUT2D eigenvalue weighted by atomic mass is 35.5. The minimum absolute atomic E-state index is 0.0276. The molecule has 4 nitrogen and oxygen atoms in total. The maximum Gasteiger partial charge on any atom is 0.417 e. The highest BCUT2D eigenvalue weighted by Gasteiger charge is 2.36. The second kappa shape index (κ2) is 6.25. The highest BCUT2D eigenvalue weighted by Crippen LogP contribution is 2.41. The van der Waals surface area contributed by atoms with Gasteiger partial charge in [0.15, 0.2) is 5.82 Å². The molecule has 0 atom stereocenters. The number of nitrogen functional groups attached to an aromatic ring is 2. The normalized spacial score (nSPS) is 11.5. The van der Waals surface area contributed by atoms with Crippen molar-refractivity contribution in [3.8, 4) is 22.6 Å². The maximum atomic E-state index is 13.4. The van der Waals surface area contributed by atoms with Crippen LogP contribution in [0.4, 0.5) is 24.5 Å². The molecule has 0 fully saturated rings. The van der Waals surface area contributed by atoms with Crippen molar-refractivity contribution in [1.29, 1.82) is 0 Å². The van der Waals surface area contributed by atoms with E-state index in [0.717, 1.165) is 12.1 Å². The molecule has 3 aromatic rings. The van der Waals surface area contributed by atoms with Crippen molar-refractivity contribution >= 4 is 23.0 Å². The SMILES string of the molecule is Nc1ccc(C(F)(F)F)c(-c2nccc(-c3cccc(Cl)c3)n2)c1N. The fourth-order valence-electron chi connectivity index (χ4n) is 2.40. The van der Waals surface area contributed by atoms with Gasteiger partial charge in [-0.2, -0.15) is 13.2 Å². The molecule has 0 bridgehead atoms. The molecule has 0 saturated carbocycles. The van der Waals surface area contributed by atoms with E-state index in [1.165, 1.54) is 6.20 Å². The molecule has 0 saturated heterocycles. The molecule has 0 radical (unpaired) electrons. The van der Waals surface area contributed by atoms with Crippen LogP contribution in [0.1, 0.15) is 5.56 Å². The second-order valence-electron chi connectivity index (χ2n) is 5.26. The number of rotatable bonds is 2. The monoisotopic (exact) mass is 364 g/mol. The Kier molecular flexibility index (Phi) is 4.26. The summed E-state index contributed by atoms with van der Waals surface area (Å²) in [6.07, 6.45) is -3.26. The van der Waals surface area contributed by atoms with Crippen LogP contribution in [0.25, 0.3) is 22.6 Å². The zero-order valence-corrected chi connectivity index (χ0v) is 13.4. The number of nitrogens with two attached hydrogens (primary N) is 2. The van der Waals surface area contributed by atoms with E-state index in [1.807, 2.05) is 0 Å². The van der Waals surface area contributed by atoms with E-state index in [9.17, 15) is 13.2 Å². The van der Waals surface area contributed by atoms with Crippen LogP contribution in [0.15, 0.2) is 48.7 Å². The van der Waals surface area contributed by atoms with Crippen LogP contribution in [0, 0.1) is 0 Å². The summed E-state index contributed by atoms with van der Waals surface area (Å²) in [6, 6.07) is 10.4. The predicted octanol–water partition coefficient (Wildman–Crippen LogP) is 4.65. The lowest BCUT2D eigenvalue weighted by Crippen LogP contribution is -2.11. The third kappa shape index (κ3) is 3.36. The van der Waals surface area contributed by atoms with E-state index in [-0.39, 0.29) is 22.8 Å². The van der Waals surface area contributed by atoms with Gasteiger partial charge in [0, 0.05) is 16.8 Å².